The molecule has 0 N–H and O–H groups in total. The second-order valence-electron chi connectivity index (χ2n) is 2.96. The maximum absolute atomic E-state index is 5.32. The van der Waals surface area contributed by atoms with Gasteiger partial charge in [-0.1, -0.05) is 18.7 Å². The molecule has 2 aromatic heterocycles. The summed E-state index contributed by atoms with van der Waals surface area (Å²) in [4.78, 5) is 0. The number of hydrogen-bond donors (Lipinski definition) is 0. The normalized spacial score (nSPS) is 10.8. The fourth-order valence-electron chi connectivity index (χ4n) is 1.40. The van der Waals surface area contributed by atoms with E-state index in [0.29, 0.717) is 0 Å². The lowest BCUT2D eigenvalue weighted by atomic mass is 10.4. The minimum Gasteiger partial charge on any atom is -0.461 e. The summed E-state index contributed by atoms with van der Waals surface area (Å²) in [7, 11) is 0. The van der Waals surface area contributed by atoms with Crippen LogP contribution >= 0.6 is 11.8 Å². The van der Waals surface area contributed by atoms with Crippen molar-refractivity contribution in [2.75, 3.05) is 5.75 Å². The first-order valence-corrected chi connectivity index (χ1v) is 5.95. The van der Waals surface area contributed by atoms with Crippen LogP contribution in [0.1, 0.15) is 13.8 Å². The molecule has 4 nitrogen and oxygen atoms in total. The zero-order chi connectivity index (χ0) is 10.7. The zero-order valence-corrected chi connectivity index (χ0v) is 9.62. The highest BCUT2D eigenvalue weighted by Gasteiger charge is 2.13. The number of hydrogen-bond acceptors (Lipinski definition) is 4. The predicted molar refractivity (Wildman–Crippen MR) is 59.8 cm³/mol. The largest absolute Gasteiger partial charge is 0.461 e. The Balaban J connectivity index is 2.40. The third-order valence-corrected chi connectivity index (χ3v) is 2.90. The van der Waals surface area contributed by atoms with E-state index in [0.717, 1.165) is 29.0 Å². The van der Waals surface area contributed by atoms with Crippen LogP contribution in [-0.4, -0.2) is 20.5 Å². The van der Waals surface area contributed by atoms with E-state index < -0.39 is 0 Å². The van der Waals surface area contributed by atoms with E-state index in [-0.39, 0.29) is 0 Å². The van der Waals surface area contributed by atoms with Gasteiger partial charge >= 0.3 is 0 Å². The van der Waals surface area contributed by atoms with E-state index in [2.05, 4.69) is 28.6 Å². The van der Waals surface area contributed by atoms with Crippen molar-refractivity contribution < 1.29 is 4.42 Å². The number of aromatic nitrogens is 3. The first-order valence-electron chi connectivity index (χ1n) is 4.96. The Morgan fingerprint density at radius 2 is 2.27 bits per heavy atom. The molecule has 0 fully saturated rings. The second-order valence-corrected chi connectivity index (χ2v) is 4.19. The van der Waals surface area contributed by atoms with Gasteiger partial charge in [-0.15, -0.1) is 10.2 Å². The molecular weight excluding hydrogens is 210 g/mol. The average molecular weight is 223 g/mol. The summed E-state index contributed by atoms with van der Waals surface area (Å²) in [6.07, 6.45) is 1.65. The average Bonchev–Trinajstić information content (AvgIpc) is 2.85. The van der Waals surface area contributed by atoms with E-state index in [1.54, 1.807) is 18.0 Å². The molecule has 0 aromatic carbocycles. The molecular formula is C10H13N3OS. The monoisotopic (exact) mass is 223 g/mol. The number of rotatable bonds is 4. The first-order chi connectivity index (χ1) is 7.36. The van der Waals surface area contributed by atoms with Crippen molar-refractivity contribution in [3.63, 3.8) is 0 Å². The Hall–Kier alpha value is -1.23. The van der Waals surface area contributed by atoms with Crippen molar-refractivity contribution in [1.82, 2.24) is 14.8 Å². The van der Waals surface area contributed by atoms with Gasteiger partial charge in [0.1, 0.15) is 0 Å². The van der Waals surface area contributed by atoms with Crippen molar-refractivity contribution >= 4 is 11.8 Å². The quantitative estimate of drug-likeness (QED) is 0.747. The smallest absolute Gasteiger partial charge is 0.200 e. The minimum absolute atomic E-state index is 0.771. The van der Waals surface area contributed by atoms with Gasteiger partial charge in [0.25, 0.3) is 0 Å². The standard InChI is InChI=1S/C10H13N3OS/c1-3-13-9(8-6-5-7-14-8)11-12-10(13)15-4-2/h5-7H,3-4H2,1-2H3. The molecule has 0 saturated carbocycles. The summed E-state index contributed by atoms with van der Waals surface area (Å²) in [5.74, 6) is 2.57. The molecule has 0 amide bonds. The van der Waals surface area contributed by atoms with E-state index >= 15 is 0 Å². The van der Waals surface area contributed by atoms with Gasteiger partial charge in [0.15, 0.2) is 16.7 Å². The van der Waals surface area contributed by atoms with Crippen LogP contribution in [0.3, 0.4) is 0 Å². The third kappa shape index (κ3) is 1.92. The van der Waals surface area contributed by atoms with Crippen molar-refractivity contribution in [1.29, 1.82) is 0 Å². The molecule has 15 heavy (non-hydrogen) atoms. The Morgan fingerprint density at radius 3 is 2.87 bits per heavy atom. The van der Waals surface area contributed by atoms with Crippen LogP contribution < -0.4 is 0 Å². The van der Waals surface area contributed by atoms with Gasteiger partial charge in [-0.05, 0) is 24.8 Å². The summed E-state index contributed by atoms with van der Waals surface area (Å²) in [6.45, 7) is 5.03. The maximum atomic E-state index is 5.32. The van der Waals surface area contributed by atoms with Gasteiger partial charge in [-0.3, -0.25) is 4.57 Å². The van der Waals surface area contributed by atoms with E-state index in [1.165, 1.54) is 0 Å². The summed E-state index contributed by atoms with van der Waals surface area (Å²) in [6, 6.07) is 3.76. The van der Waals surface area contributed by atoms with E-state index in [4.69, 9.17) is 4.42 Å². The fraction of sp³-hybridized carbons (Fsp3) is 0.400. The Bertz CT molecular complexity index is 422. The molecule has 2 rings (SSSR count). The topological polar surface area (TPSA) is 43.9 Å². The number of thioether (sulfide) groups is 1. The molecule has 2 heterocycles. The lowest BCUT2D eigenvalue weighted by Gasteiger charge is -2.03. The van der Waals surface area contributed by atoms with Crippen molar-refractivity contribution in [3.05, 3.63) is 18.4 Å². The lowest BCUT2D eigenvalue weighted by Crippen LogP contribution is -1.99. The molecule has 5 heteroatoms. The Labute approximate surface area is 92.7 Å². The van der Waals surface area contributed by atoms with Gasteiger partial charge in [0.05, 0.1) is 6.26 Å². The van der Waals surface area contributed by atoms with Crippen molar-refractivity contribution in [3.8, 4) is 11.6 Å². The van der Waals surface area contributed by atoms with Gasteiger partial charge < -0.3 is 4.42 Å². The highest BCUT2D eigenvalue weighted by Crippen LogP contribution is 2.23. The predicted octanol–water partition coefficient (Wildman–Crippen LogP) is 2.67. The number of nitrogens with zero attached hydrogens (tertiary/aromatic N) is 3. The Kier molecular flexibility index (Phi) is 3.11. The second kappa shape index (κ2) is 4.53. The van der Waals surface area contributed by atoms with Gasteiger partial charge in [0.2, 0.25) is 0 Å². The van der Waals surface area contributed by atoms with Crippen LogP contribution in [0.2, 0.25) is 0 Å². The molecule has 0 saturated heterocycles. The summed E-state index contributed by atoms with van der Waals surface area (Å²) < 4.78 is 7.38. The molecule has 0 spiro atoms. The third-order valence-electron chi connectivity index (χ3n) is 2.05. The minimum atomic E-state index is 0.771. The molecule has 2 aromatic rings. The number of furan rings is 1. The molecule has 0 aliphatic rings. The van der Waals surface area contributed by atoms with Crippen LogP contribution in [0.5, 0.6) is 0 Å². The van der Waals surface area contributed by atoms with Gasteiger partial charge in [-0.2, -0.15) is 0 Å². The molecule has 80 valence electrons. The van der Waals surface area contributed by atoms with E-state index in [9.17, 15) is 0 Å². The summed E-state index contributed by atoms with van der Waals surface area (Å²) in [5, 5.41) is 9.25. The molecule has 0 radical (unpaired) electrons. The first kappa shape index (κ1) is 10.3. The molecule has 0 atom stereocenters. The summed E-state index contributed by atoms with van der Waals surface area (Å²) >= 11 is 1.69. The van der Waals surface area contributed by atoms with Crippen LogP contribution in [0.25, 0.3) is 11.6 Å². The zero-order valence-electron chi connectivity index (χ0n) is 8.80. The molecule has 0 aliphatic heterocycles. The van der Waals surface area contributed by atoms with Crippen LogP contribution in [-0.2, 0) is 6.54 Å². The van der Waals surface area contributed by atoms with E-state index in [1.807, 2.05) is 12.1 Å². The fourth-order valence-corrected chi connectivity index (χ4v) is 2.13. The highest BCUT2D eigenvalue weighted by molar-refractivity contribution is 7.99. The van der Waals surface area contributed by atoms with Gasteiger partial charge in [0, 0.05) is 6.54 Å². The maximum Gasteiger partial charge on any atom is 0.200 e. The summed E-state index contributed by atoms with van der Waals surface area (Å²) in [5.41, 5.74) is 0. The van der Waals surface area contributed by atoms with Crippen LogP contribution in [0, 0.1) is 0 Å². The molecule has 0 aliphatic carbocycles. The van der Waals surface area contributed by atoms with Crippen LogP contribution in [0.4, 0.5) is 0 Å². The SMILES string of the molecule is CCSc1nnc(-c2ccco2)n1CC. The van der Waals surface area contributed by atoms with Crippen molar-refractivity contribution in [2.24, 2.45) is 0 Å². The molecule has 0 bridgehead atoms. The molecule has 0 unspecified atom stereocenters. The Morgan fingerprint density at radius 1 is 1.40 bits per heavy atom. The highest BCUT2D eigenvalue weighted by atomic mass is 32.2. The van der Waals surface area contributed by atoms with Crippen LogP contribution in [0.15, 0.2) is 28.0 Å². The van der Waals surface area contributed by atoms with Crippen molar-refractivity contribution in [2.45, 2.75) is 25.5 Å². The lowest BCUT2D eigenvalue weighted by molar-refractivity contribution is 0.567. The van der Waals surface area contributed by atoms with Gasteiger partial charge in [-0.25, -0.2) is 0 Å².